The summed E-state index contributed by atoms with van der Waals surface area (Å²) in [7, 11) is 1.97. The minimum absolute atomic E-state index is 0.189. The van der Waals surface area contributed by atoms with Crippen molar-refractivity contribution in [1.82, 2.24) is 20.2 Å². The number of piperidine rings is 1. The Hall–Kier alpha value is -1.79. The predicted octanol–water partition coefficient (Wildman–Crippen LogP) is 2.21. The Balaban J connectivity index is 1.61. The molecule has 0 aromatic carbocycles. The Kier molecular flexibility index (Phi) is 5.35. The molecule has 0 aliphatic carbocycles. The van der Waals surface area contributed by atoms with Gasteiger partial charge < -0.3 is 10.2 Å². The van der Waals surface area contributed by atoms with Crippen molar-refractivity contribution in [3.05, 3.63) is 35.6 Å². The molecule has 5 nitrogen and oxygen atoms in total. The van der Waals surface area contributed by atoms with E-state index in [2.05, 4.69) is 15.3 Å². The fourth-order valence-corrected chi connectivity index (χ4v) is 3.83. The van der Waals surface area contributed by atoms with Gasteiger partial charge in [0.1, 0.15) is 5.01 Å². The highest BCUT2D eigenvalue weighted by atomic mass is 32.1. The van der Waals surface area contributed by atoms with E-state index in [1.807, 2.05) is 29.5 Å². The van der Waals surface area contributed by atoms with Gasteiger partial charge >= 0.3 is 0 Å². The lowest BCUT2D eigenvalue weighted by Crippen LogP contribution is -2.43. The molecule has 2 aromatic heterocycles. The van der Waals surface area contributed by atoms with Crippen molar-refractivity contribution in [1.29, 1.82) is 0 Å². The summed E-state index contributed by atoms with van der Waals surface area (Å²) in [5, 5.41) is 6.12. The smallest absolute Gasteiger partial charge is 0.228 e. The van der Waals surface area contributed by atoms with Crippen LogP contribution in [0.25, 0.3) is 10.6 Å². The van der Waals surface area contributed by atoms with E-state index in [-0.39, 0.29) is 5.91 Å². The van der Waals surface area contributed by atoms with E-state index in [0.717, 1.165) is 42.3 Å². The Bertz CT molecular complexity index is 641. The van der Waals surface area contributed by atoms with E-state index < -0.39 is 0 Å². The fraction of sp³-hybridized carbons (Fsp3) is 0.471. The Morgan fingerprint density at radius 2 is 2.43 bits per heavy atom. The first-order valence-corrected chi connectivity index (χ1v) is 8.91. The Morgan fingerprint density at radius 1 is 1.52 bits per heavy atom. The molecule has 6 heteroatoms. The lowest BCUT2D eigenvalue weighted by Gasteiger charge is -2.32. The fourth-order valence-electron chi connectivity index (χ4n) is 3.02. The molecule has 0 bridgehead atoms. The lowest BCUT2D eigenvalue weighted by molar-refractivity contribution is -0.132. The van der Waals surface area contributed by atoms with Gasteiger partial charge in [-0.2, -0.15) is 0 Å². The summed E-state index contributed by atoms with van der Waals surface area (Å²) in [6.07, 6.45) is 6.24. The normalized spacial score (nSPS) is 18.1. The summed E-state index contributed by atoms with van der Waals surface area (Å²) in [6, 6.07) is 3.89. The molecule has 1 unspecified atom stereocenters. The summed E-state index contributed by atoms with van der Waals surface area (Å²) in [6.45, 7) is 2.71. The molecular weight excluding hydrogens is 308 g/mol. The van der Waals surface area contributed by atoms with Gasteiger partial charge in [-0.25, -0.2) is 4.98 Å². The maximum Gasteiger partial charge on any atom is 0.228 e. The monoisotopic (exact) mass is 330 g/mol. The Morgan fingerprint density at radius 3 is 3.22 bits per heavy atom. The molecule has 1 N–H and O–H groups in total. The molecule has 1 amide bonds. The number of nitrogens with zero attached hydrogens (tertiary/aromatic N) is 3. The molecule has 0 spiro atoms. The predicted molar refractivity (Wildman–Crippen MR) is 92.3 cm³/mol. The molecule has 0 radical (unpaired) electrons. The Labute approximate surface area is 140 Å². The molecule has 23 heavy (non-hydrogen) atoms. The van der Waals surface area contributed by atoms with Crippen molar-refractivity contribution in [3.63, 3.8) is 0 Å². The highest BCUT2D eigenvalue weighted by Gasteiger charge is 2.23. The van der Waals surface area contributed by atoms with Crippen molar-refractivity contribution >= 4 is 17.2 Å². The van der Waals surface area contributed by atoms with Crippen LogP contribution in [0.5, 0.6) is 0 Å². The number of aromatic nitrogens is 2. The molecule has 122 valence electrons. The van der Waals surface area contributed by atoms with Gasteiger partial charge in [0.25, 0.3) is 0 Å². The largest absolute Gasteiger partial charge is 0.342 e. The van der Waals surface area contributed by atoms with Crippen molar-refractivity contribution < 1.29 is 4.79 Å². The van der Waals surface area contributed by atoms with Crippen LogP contribution in [0.4, 0.5) is 0 Å². The standard InChI is InChI=1S/C17H22N4OS/c1-18-9-13-4-3-7-21(11-13)16(22)8-15-12-23-17(20-15)14-5-2-6-19-10-14/h2,5-6,10,12-13,18H,3-4,7-9,11H2,1H3. The quantitative estimate of drug-likeness (QED) is 0.913. The first-order valence-electron chi connectivity index (χ1n) is 8.03. The third-order valence-corrected chi connectivity index (χ3v) is 5.10. The van der Waals surface area contributed by atoms with Crippen LogP contribution < -0.4 is 5.32 Å². The molecule has 3 heterocycles. The summed E-state index contributed by atoms with van der Waals surface area (Å²) in [4.78, 5) is 23.2. The van der Waals surface area contributed by atoms with Gasteiger partial charge in [-0.15, -0.1) is 11.3 Å². The van der Waals surface area contributed by atoms with Crippen LogP contribution in [-0.2, 0) is 11.2 Å². The average molecular weight is 330 g/mol. The van der Waals surface area contributed by atoms with Crippen LogP contribution in [0.2, 0.25) is 0 Å². The van der Waals surface area contributed by atoms with Gasteiger partial charge in [0.2, 0.25) is 5.91 Å². The van der Waals surface area contributed by atoms with Crippen LogP contribution in [-0.4, -0.2) is 47.5 Å². The number of thiazole rings is 1. The van der Waals surface area contributed by atoms with Crippen molar-refractivity contribution in [2.75, 3.05) is 26.7 Å². The topological polar surface area (TPSA) is 58.1 Å². The second-order valence-corrected chi connectivity index (χ2v) is 6.83. The zero-order valence-corrected chi connectivity index (χ0v) is 14.2. The summed E-state index contributed by atoms with van der Waals surface area (Å²) in [5.41, 5.74) is 1.86. The van der Waals surface area contributed by atoms with E-state index in [0.29, 0.717) is 12.3 Å². The molecule has 1 fully saturated rings. The zero-order chi connectivity index (χ0) is 16.1. The van der Waals surface area contributed by atoms with E-state index >= 15 is 0 Å². The maximum atomic E-state index is 12.5. The molecule has 2 aromatic rings. The number of carbonyl (C=O) groups is 1. The van der Waals surface area contributed by atoms with Crippen LogP contribution >= 0.6 is 11.3 Å². The molecule has 1 saturated heterocycles. The minimum Gasteiger partial charge on any atom is -0.342 e. The van der Waals surface area contributed by atoms with E-state index in [1.54, 1.807) is 23.7 Å². The maximum absolute atomic E-state index is 12.5. The van der Waals surface area contributed by atoms with E-state index in [9.17, 15) is 4.79 Å². The van der Waals surface area contributed by atoms with E-state index in [1.165, 1.54) is 6.42 Å². The first kappa shape index (κ1) is 16.1. The molecular formula is C17H22N4OS. The third kappa shape index (κ3) is 4.14. The number of rotatable bonds is 5. The summed E-state index contributed by atoms with van der Waals surface area (Å²) >= 11 is 1.57. The van der Waals surface area contributed by atoms with Crippen LogP contribution in [0.1, 0.15) is 18.5 Å². The van der Waals surface area contributed by atoms with Gasteiger partial charge in [-0.3, -0.25) is 9.78 Å². The average Bonchev–Trinajstić information content (AvgIpc) is 3.05. The third-order valence-electron chi connectivity index (χ3n) is 4.16. The molecule has 1 atom stereocenters. The summed E-state index contributed by atoms with van der Waals surface area (Å²) < 4.78 is 0. The summed E-state index contributed by atoms with van der Waals surface area (Å²) in [5.74, 6) is 0.757. The van der Waals surface area contributed by atoms with Crippen LogP contribution in [0.3, 0.4) is 0 Å². The number of hydrogen-bond donors (Lipinski definition) is 1. The van der Waals surface area contributed by atoms with Crippen molar-refractivity contribution in [2.24, 2.45) is 5.92 Å². The van der Waals surface area contributed by atoms with Crippen LogP contribution in [0.15, 0.2) is 29.9 Å². The van der Waals surface area contributed by atoms with Crippen LogP contribution in [0, 0.1) is 5.92 Å². The van der Waals surface area contributed by atoms with Gasteiger partial charge in [0, 0.05) is 36.4 Å². The number of likely N-dealkylation sites (tertiary alicyclic amines) is 1. The van der Waals surface area contributed by atoms with Gasteiger partial charge in [0.05, 0.1) is 12.1 Å². The molecule has 1 aliphatic heterocycles. The zero-order valence-electron chi connectivity index (χ0n) is 13.4. The second kappa shape index (κ2) is 7.66. The number of amides is 1. The minimum atomic E-state index is 0.189. The van der Waals surface area contributed by atoms with Crippen molar-refractivity contribution in [2.45, 2.75) is 19.3 Å². The highest BCUT2D eigenvalue weighted by Crippen LogP contribution is 2.23. The van der Waals surface area contributed by atoms with Gasteiger partial charge in [-0.1, -0.05) is 0 Å². The first-order chi connectivity index (χ1) is 11.3. The number of nitrogens with one attached hydrogen (secondary N) is 1. The van der Waals surface area contributed by atoms with Gasteiger partial charge in [0.15, 0.2) is 0 Å². The highest BCUT2D eigenvalue weighted by molar-refractivity contribution is 7.13. The molecule has 1 aliphatic rings. The van der Waals surface area contributed by atoms with Gasteiger partial charge in [-0.05, 0) is 44.5 Å². The number of pyridine rings is 1. The number of hydrogen-bond acceptors (Lipinski definition) is 5. The molecule has 3 rings (SSSR count). The molecule has 0 saturated carbocycles. The number of carbonyl (C=O) groups excluding carboxylic acids is 1. The van der Waals surface area contributed by atoms with E-state index in [4.69, 9.17) is 0 Å². The van der Waals surface area contributed by atoms with Crippen molar-refractivity contribution in [3.8, 4) is 10.6 Å². The lowest BCUT2D eigenvalue weighted by atomic mass is 9.98. The SMILES string of the molecule is CNCC1CCCN(C(=O)Cc2csc(-c3cccnc3)n2)C1. The second-order valence-electron chi connectivity index (χ2n) is 5.97.